The summed E-state index contributed by atoms with van der Waals surface area (Å²) in [5, 5.41) is 3.54. The minimum atomic E-state index is -3.93. The van der Waals surface area contributed by atoms with Crippen molar-refractivity contribution < 1.29 is 22.7 Å². The molecule has 0 fully saturated rings. The molecule has 0 aliphatic rings. The van der Waals surface area contributed by atoms with Crippen molar-refractivity contribution in [3.05, 3.63) is 58.1 Å². The van der Waals surface area contributed by atoms with Gasteiger partial charge in [0.1, 0.15) is 18.3 Å². The number of carbonyl (C=O) groups is 2. The lowest BCUT2D eigenvalue weighted by molar-refractivity contribution is -0.140. The fraction of sp³-hybridized carbons (Fsp3) is 0.417. The molecule has 0 spiro atoms. The number of hydrogen-bond acceptors (Lipinski definition) is 5. The molecule has 0 aliphatic carbocycles. The number of hydrogen-bond donors (Lipinski definition) is 1. The van der Waals surface area contributed by atoms with Crippen LogP contribution in [0.1, 0.15) is 32.8 Å². The molecule has 35 heavy (non-hydrogen) atoms. The number of rotatable bonds is 11. The van der Waals surface area contributed by atoms with E-state index in [0.29, 0.717) is 17.0 Å². The molecule has 0 saturated heterocycles. The minimum Gasteiger partial charge on any atom is -0.495 e. The van der Waals surface area contributed by atoms with Gasteiger partial charge in [0, 0.05) is 22.6 Å². The summed E-state index contributed by atoms with van der Waals surface area (Å²) in [5.74, 6) is -0.688. The summed E-state index contributed by atoms with van der Waals surface area (Å²) in [4.78, 5) is 28.0. The lowest BCUT2D eigenvalue weighted by Gasteiger charge is -2.33. The average Bonchev–Trinajstić information content (AvgIpc) is 2.77. The normalized spacial score (nSPS) is 12.2. The fourth-order valence-corrected chi connectivity index (χ4v) is 4.77. The number of benzene rings is 2. The predicted molar refractivity (Wildman–Crippen MR) is 140 cm³/mol. The van der Waals surface area contributed by atoms with Crippen molar-refractivity contribution in [2.75, 3.05) is 24.2 Å². The third-order valence-corrected chi connectivity index (χ3v) is 6.93. The van der Waals surface area contributed by atoms with E-state index < -0.39 is 28.5 Å². The Morgan fingerprint density at radius 1 is 1.11 bits per heavy atom. The Morgan fingerprint density at radius 3 is 2.31 bits per heavy atom. The summed E-state index contributed by atoms with van der Waals surface area (Å²) in [6.45, 7) is 4.88. The second-order valence-corrected chi connectivity index (χ2v) is 11.0. The third-order valence-electron chi connectivity index (χ3n) is 5.20. The maximum absolute atomic E-state index is 13.7. The number of methoxy groups -OCH3 is 1. The number of carbonyl (C=O) groups excluding carboxylic acids is 2. The van der Waals surface area contributed by atoms with Gasteiger partial charge in [-0.25, -0.2) is 8.42 Å². The van der Waals surface area contributed by atoms with Gasteiger partial charge in [-0.1, -0.05) is 48.3 Å². The van der Waals surface area contributed by atoms with Gasteiger partial charge in [0.2, 0.25) is 21.8 Å². The zero-order chi connectivity index (χ0) is 26.3. The van der Waals surface area contributed by atoms with Gasteiger partial charge < -0.3 is 15.0 Å². The molecule has 1 N–H and O–H groups in total. The Hall–Kier alpha value is -2.49. The van der Waals surface area contributed by atoms with Crippen LogP contribution in [0.15, 0.2) is 42.5 Å². The Morgan fingerprint density at radius 2 is 1.77 bits per heavy atom. The maximum atomic E-state index is 13.7. The van der Waals surface area contributed by atoms with Crippen molar-refractivity contribution >= 4 is 50.7 Å². The molecule has 0 aromatic heterocycles. The van der Waals surface area contributed by atoms with E-state index in [1.54, 1.807) is 37.3 Å². The Labute approximate surface area is 217 Å². The molecular weight excluding hydrogens is 513 g/mol. The highest BCUT2D eigenvalue weighted by molar-refractivity contribution is 7.92. The first-order valence-corrected chi connectivity index (χ1v) is 13.6. The van der Waals surface area contributed by atoms with Crippen molar-refractivity contribution in [3.8, 4) is 5.75 Å². The molecule has 0 bridgehead atoms. The lowest BCUT2D eigenvalue weighted by atomic mass is 10.1. The van der Waals surface area contributed by atoms with Gasteiger partial charge in [-0.05, 0) is 50.1 Å². The predicted octanol–water partition coefficient (Wildman–Crippen LogP) is 4.10. The van der Waals surface area contributed by atoms with Crippen LogP contribution in [-0.2, 0) is 26.2 Å². The fourth-order valence-electron chi connectivity index (χ4n) is 3.56. The number of sulfonamides is 1. The standard InChI is InChI=1S/C24H31Cl2N3O5S/c1-6-20(24(31)27-16(2)3)28(14-17-9-7-8-10-19(17)26)23(30)15-29(35(5,32)33)21-13-18(25)11-12-22(21)34-4/h7-13,16,20H,6,14-15H2,1-5H3,(H,27,31)/t20-/m0/s1. The first-order valence-electron chi connectivity index (χ1n) is 11.0. The number of halogens is 2. The summed E-state index contributed by atoms with van der Waals surface area (Å²) in [6.07, 6.45) is 1.30. The van der Waals surface area contributed by atoms with Crippen molar-refractivity contribution in [1.82, 2.24) is 10.2 Å². The van der Waals surface area contributed by atoms with Crippen molar-refractivity contribution in [3.63, 3.8) is 0 Å². The Balaban J connectivity index is 2.53. The Kier molecular flexibility index (Phi) is 10.2. The summed E-state index contributed by atoms with van der Waals surface area (Å²) in [5.41, 5.74) is 0.748. The molecule has 2 aromatic carbocycles. The van der Waals surface area contributed by atoms with Crippen LogP contribution in [0.2, 0.25) is 10.0 Å². The van der Waals surface area contributed by atoms with Gasteiger partial charge >= 0.3 is 0 Å². The van der Waals surface area contributed by atoms with E-state index in [9.17, 15) is 18.0 Å². The van der Waals surface area contributed by atoms with Crippen LogP contribution >= 0.6 is 23.2 Å². The molecule has 11 heteroatoms. The number of nitrogens with zero attached hydrogens (tertiary/aromatic N) is 2. The van der Waals surface area contributed by atoms with Crippen LogP contribution < -0.4 is 14.4 Å². The van der Waals surface area contributed by atoms with Crippen LogP contribution in [0.5, 0.6) is 5.75 Å². The number of nitrogens with one attached hydrogen (secondary N) is 1. The zero-order valence-electron chi connectivity index (χ0n) is 20.4. The molecule has 2 amide bonds. The molecule has 0 aliphatic heterocycles. The third kappa shape index (κ3) is 7.75. The summed E-state index contributed by atoms with van der Waals surface area (Å²) in [7, 11) is -2.54. The van der Waals surface area contributed by atoms with Gasteiger partial charge in [0.25, 0.3) is 0 Å². The quantitative estimate of drug-likeness (QED) is 0.460. The van der Waals surface area contributed by atoms with E-state index in [-0.39, 0.29) is 35.0 Å². The second-order valence-electron chi connectivity index (χ2n) is 8.29. The molecular formula is C24H31Cl2N3O5S. The average molecular weight is 545 g/mol. The summed E-state index contributed by atoms with van der Waals surface area (Å²) < 4.78 is 31.7. The van der Waals surface area contributed by atoms with Crippen molar-refractivity contribution in [2.45, 2.75) is 45.8 Å². The smallest absolute Gasteiger partial charge is 0.244 e. The molecule has 0 radical (unpaired) electrons. The van der Waals surface area contributed by atoms with Crippen LogP contribution in [-0.4, -0.2) is 57.1 Å². The lowest BCUT2D eigenvalue weighted by Crippen LogP contribution is -2.53. The van der Waals surface area contributed by atoms with E-state index in [1.165, 1.54) is 24.1 Å². The topological polar surface area (TPSA) is 96.0 Å². The number of anilines is 1. The zero-order valence-corrected chi connectivity index (χ0v) is 22.7. The largest absolute Gasteiger partial charge is 0.495 e. The maximum Gasteiger partial charge on any atom is 0.244 e. The van der Waals surface area contributed by atoms with Gasteiger partial charge in [0.05, 0.1) is 19.1 Å². The monoisotopic (exact) mass is 543 g/mol. The second kappa shape index (κ2) is 12.5. The van der Waals surface area contributed by atoms with E-state index >= 15 is 0 Å². The van der Waals surface area contributed by atoms with E-state index in [1.807, 2.05) is 13.8 Å². The van der Waals surface area contributed by atoms with Crippen molar-refractivity contribution in [2.24, 2.45) is 0 Å². The molecule has 1 atom stereocenters. The SMILES string of the molecule is CC[C@@H](C(=O)NC(C)C)N(Cc1ccccc1Cl)C(=O)CN(c1cc(Cl)ccc1OC)S(C)(=O)=O. The van der Waals surface area contributed by atoms with Gasteiger partial charge in [-0.3, -0.25) is 13.9 Å². The van der Waals surface area contributed by atoms with Crippen LogP contribution in [0.3, 0.4) is 0 Å². The highest BCUT2D eigenvalue weighted by Crippen LogP contribution is 2.33. The summed E-state index contributed by atoms with van der Waals surface area (Å²) in [6, 6.07) is 10.5. The molecule has 192 valence electrons. The molecule has 0 saturated carbocycles. The van der Waals surface area contributed by atoms with Gasteiger partial charge in [0.15, 0.2) is 0 Å². The van der Waals surface area contributed by atoms with Crippen LogP contribution in [0.25, 0.3) is 0 Å². The van der Waals surface area contributed by atoms with Crippen LogP contribution in [0, 0.1) is 0 Å². The van der Waals surface area contributed by atoms with E-state index in [2.05, 4.69) is 5.32 Å². The number of ether oxygens (including phenoxy) is 1. The summed E-state index contributed by atoms with van der Waals surface area (Å²) >= 11 is 12.5. The molecule has 0 heterocycles. The first kappa shape index (κ1) is 28.7. The highest BCUT2D eigenvalue weighted by atomic mass is 35.5. The molecule has 0 unspecified atom stereocenters. The van der Waals surface area contributed by atoms with E-state index in [0.717, 1.165) is 10.6 Å². The van der Waals surface area contributed by atoms with Gasteiger partial charge in [-0.2, -0.15) is 0 Å². The molecule has 8 nitrogen and oxygen atoms in total. The minimum absolute atomic E-state index is 0.0206. The van der Waals surface area contributed by atoms with Gasteiger partial charge in [-0.15, -0.1) is 0 Å². The van der Waals surface area contributed by atoms with Crippen LogP contribution in [0.4, 0.5) is 5.69 Å². The highest BCUT2D eigenvalue weighted by Gasteiger charge is 2.33. The first-order chi connectivity index (χ1) is 16.4. The van der Waals surface area contributed by atoms with E-state index in [4.69, 9.17) is 27.9 Å². The molecule has 2 rings (SSSR count). The molecule has 2 aromatic rings. The van der Waals surface area contributed by atoms with Crippen molar-refractivity contribution in [1.29, 1.82) is 0 Å². The number of amides is 2. The Bertz CT molecular complexity index is 1160.